The van der Waals surface area contributed by atoms with Crippen LogP contribution < -0.4 is 9.47 Å². The lowest BCUT2D eigenvalue weighted by atomic mass is 9.82. The van der Waals surface area contributed by atoms with Crippen molar-refractivity contribution in [2.24, 2.45) is 0 Å². The van der Waals surface area contributed by atoms with Crippen LogP contribution in [0.3, 0.4) is 0 Å². The van der Waals surface area contributed by atoms with Crippen LogP contribution in [0.4, 0.5) is 0 Å². The van der Waals surface area contributed by atoms with Gasteiger partial charge in [-0.3, -0.25) is 0 Å². The summed E-state index contributed by atoms with van der Waals surface area (Å²) in [6.07, 6.45) is 0. The van der Waals surface area contributed by atoms with Crippen LogP contribution in [-0.4, -0.2) is 9.97 Å². The molecule has 11 rings (SSSR count). The maximum Gasteiger partial charge on any atom is 0.178 e. The lowest BCUT2D eigenvalue weighted by Crippen LogP contribution is -2.15. The van der Waals surface area contributed by atoms with Crippen LogP contribution in [0.5, 0.6) is 23.0 Å². The molecule has 0 saturated carbocycles. The van der Waals surface area contributed by atoms with Crippen LogP contribution in [0.25, 0.3) is 78.1 Å². The highest BCUT2D eigenvalue weighted by Crippen LogP contribution is 2.58. The van der Waals surface area contributed by atoms with Crippen molar-refractivity contribution in [2.75, 3.05) is 0 Å². The number of benzene rings is 8. The van der Waals surface area contributed by atoms with Gasteiger partial charge in [-0.1, -0.05) is 166 Å². The Morgan fingerprint density at radius 1 is 0.386 bits per heavy atom. The second-order valence-electron chi connectivity index (χ2n) is 15.3. The van der Waals surface area contributed by atoms with Crippen molar-refractivity contribution >= 4 is 10.8 Å². The molecule has 57 heavy (non-hydrogen) atoms. The number of nitrogens with zero attached hydrogens (tertiary/aromatic N) is 2. The molecule has 0 amide bonds. The third kappa shape index (κ3) is 5.37. The molecule has 2 heterocycles. The topological polar surface area (TPSA) is 44.2 Å². The standard InChI is InChI=1S/C53H36N2O2/c1-53(2)43-24-14-13-23-42(43)50-44(53)28-30-48-51(50)57-47-29-25-35(31-49(47)56-48)36-19-9-12-22-40(36)46-32-45(34-17-7-4-8-18-34)54-52(55-46)41-27-26-37(33-15-5-3-6-16-33)38-20-10-11-21-39(38)41/h3-32H,1-2H3. The molecule has 0 saturated heterocycles. The van der Waals surface area contributed by atoms with Crippen molar-refractivity contribution in [3.63, 3.8) is 0 Å². The van der Waals surface area contributed by atoms with Crippen molar-refractivity contribution < 1.29 is 9.47 Å². The average Bonchev–Trinajstić information content (AvgIpc) is 3.51. The number of hydrogen-bond acceptors (Lipinski definition) is 4. The number of ether oxygens (including phenoxy) is 2. The van der Waals surface area contributed by atoms with Gasteiger partial charge >= 0.3 is 0 Å². The molecule has 1 aromatic heterocycles. The lowest BCUT2D eigenvalue weighted by Gasteiger charge is -2.25. The molecule has 0 spiro atoms. The van der Waals surface area contributed by atoms with E-state index in [4.69, 9.17) is 19.4 Å². The van der Waals surface area contributed by atoms with E-state index in [2.05, 4.69) is 184 Å². The number of rotatable bonds is 5. The molecule has 8 aromatic carbocycles. The molecule has 0 bridgehead atoms. The zero-order valence-corrected chi connectivity index (χ0v) is 31.5. The molecule has 4 heteroatoms. The number of fused-ring (bicyclic) bond motifs is 7. The molecule has 0 unspecified atom stereocenters. The van der Waals surface area contributed by atoms with Crippen LogP contribution in [0.1, 0.15) is 25.0 Å². The SMILES string of the molecule is CC1(C)c2ccccc2-c2c1ccc1c2Oc2ccc(-c3ccccc3-c3cc(-c4ccccc4)nc(-c4ccc(-c5ccccc5)c5ccccc45)n3)cc2O1. The largest absolute Gasteiger partial charge is 0.449 e. The first-order chi connectivity index (χ1) is 28.0. The van der Waals surface area contributed by atoms with E-state index < -0.39 is 0 Å². The number of aromatic nitrogens is 2. The monoisotopic (exact) mass is 732 g/mol. The van der Waals surface area contributed by atoms with Crippen molar-refractivity contribution in [1.29, 1.82) is 0 Å². The average molecular weight is 733 g/mol. The van der Waals surface area contributed by atoms with E-state index >= 15 is 0 Å². The van der Waals surface area contributed by atoms with E-state index in [0.717, 1.165) is 67.0 Å². The summed E-state index contributed by atoms with van der Waals surface area (Å²) >= 11 is 0. The highest BCUT2D eigenvalue weighted by atomic mass is 16.6. The minimum Gasteiger partial charge on any atom is -0.449 e. The predicted octanol–water partition coefficient (Wildman–Crippen LogP) is 14.2. The first-order valence-electron chi connectivity index (χ1n) is 19.4. The van der Waals surface area contributed by atoms with Crippen LogP contribution >= 0.6 is 0 Å². The molecular weight excluding hydrogens is 697 g/mol. The predicted molar refractivity (Wildman–Crippen MR) is 231 cm³/mol. The highest BCUT2D eigenvalue weighted by molar-refractivity contribution is 6.04. The Morgan fingerprint density at radius 3 is 1.79 bits per heavy atom. The summed E-state index contributed by atoms with van der Waals surface area (Å²) in [6.45, 7) is 4.55. The van der Waals surface area contributed by atoms with E-state index in [1.165, 1.54) is 27.8 Å². The Balaban J connectivity index is 1.03. The van der Waals surface area contributed by atoms with Gasteiger partial charge < -0.3 is 9.47 Å². The first kappa shape index (κ1) is 33.1. The maximum absolute atomic E-state index is 6.73. The first-order valence-corrected chi connectivity index (χ1v) is 19.4. The molecule has 1 aliphatic heterocycles. The minimum atomic E-state index is -0.127. The molecule has 4 nitrogen and oxygen atoms in total. The quantitative estimate of drug-likeness (QED) is 0.177. The maximum atomic E-state index is 6.73. The summed E-state index contributed by atoms with van der Waals surface area (Å²) in [5.41, 5.74) is 13.8. The van der Waals surface area contributed by atoms with Crippen molar-refractivity contribution in [3.05, 3.63) is 193 Å². The van der Waals surface area contributed by atoms with E-state index in [-0.39, 0.29) is 5.41 Å². The molecule has 9 aromatic rings. The van der Waals surface area contributed by atoms with Crippen LogP contribution in [0, 0.1) is 0 Å². The fourth-order valence-corrected chi connectivity index (χ4v) is 8.78. The van der Waals surface area contributed by atoms with Gasteiger partial charge in [0.25, 0.3) is 0 Å². The third-order valence-corrected chi connectivity index (χ3v) is 11.6. The van der Waals surface area contributed by atoms with E-state index in [1.54, 1.807) is 0 Å². The zero-order valence-electron chi connectivity index (χ0n) is 31.5. The zero-order chi connectivity index (χ0) is 38.1. The molecule has 0 atom stereocenters. The van der Waals surface area contributed by atoms with Gasteiger partial charge in [0.15, 0.2) is 28.8 Å². The van der Waals surface area contributed by atoms with Crippen LogP contribution in [0.15, 0.2) is 182 Å². The van der Waals surface area contributed by atoms with Gasteiger partial charge in [-0.2, -0.15) is 0 Å². The van der Waals surface area contributed by atoms with Crippen molar-refractivity contribution in [1.82, 2.24) is 9.97 Å². The van der Waals surface area contributed by atoms with Crippen LogP contribution in [0.2, 0.25) is 0 Å². The molecule has 2 aliphatic rings. The van der Waals surface area contributed by atoms with Gasteiger partial charge in [0.05, 0.1) is 11.4 Å². The van der Waals surface area contributed by atoms with Gasteiger partial charge in [-0.05, 0) is 80.0 Å². The lowest BCUT2D eigenvalue weighted by molar-refractivity contribution is 0.360. The minimum absolute atomic E-state index is 0.127. The summed E-state index contributed by atoms with van der Waals surface area (Å²) in [6, 6.07) is 63.4. The Kier molecular flexibility index (Phi) is 7.48. The molecule has 1 aliphatic carbocycles. The fraction of sp³-hybridized carbons (Fsp3) is 0.0566. The fourth-order valence-electron chi connectivity index (χ4n) is 8.78. The summed E-state index contributed by atoms with van der Waals surface area (Å²) in [4.78, 5) is 10.6. The van der Waals surface area contributed by atoms with Gasteiger partial charge in [-0.25, -0.2) is 9.97 Å². The Bertz CT molecular complexity index is 3040. The second kappa shape index (κ2) is 12.9. The molecular formula is C53H36N2O2. The van der Waals surface area contributed by atoms with Crippen molar-refractivity contribution in [2.45, 2.75) is 19.3 Å². The van der Waals surface area contributed by atoms with Crippen LogP contribution in [-0.2, 0) is 5.41 Å². The summed E-state index contributed by atoms with van der Waals surface area (Å²) < 4.78 is 13.4. The molecule has 270 valence electrons. The third-order valence-electron chi connectivity index (χ3n) is 11.6. The molecule has 0 N–H and O–H groups in total. The normalized spacial score (nSPS) is 13.2. The van der Waals surface area contributed by atoms with E-state index in [0.29, 0.717) is 17.3 Å². The Labute approximate surface area is 331 Å². The summed E-state index contributed by atoms with van der Waals surface area (Å²) in [5, 5.41) is 2.26. The molecule has 0 fully saturated rings. The van der Waals surface area contributed by atoms with Gasteiger partial charge in [-0.15, -0.1) is 0 Å². The highest BCUT2D eigenvalue weighted by Gasteiger charge is 2.39. The Morgan fingerprint density at radius 2 is 1.00 bits per heavy atom. The number of hydrogen-bond donors (Lipinski definition) is 0. The summed E-state index contributed by atoms with van der Waals surface area (Å²) in [5.74, 6) is 3.54. The van der Waals surface area contributed by atoms with E-state index in [9.17, 15) is 0 Å². The summed E-state index contributed by atoms with van der Waals surface area (Å²) in [7, 11) is 0. The van der Waals surface area contributed by atoms with Crippen molar-refractivity contribution in [3.8, 4) is 90.3 Å². The second-order valence-corrected chi connectivity index (χ2v) is 15.3. The molecule has 0 radical (unpaired) electrons. The van der Waals surface area contributed by atoms with Gasteiger partial charge in [0, 0.05) is 27.7 Å². The van der Waals surface area contributed by atoms with Gasteiger partial charge in [0.2, 0.25) is 0 Å². The smallest absolute Gasteiger partial charge is 0.178 e. The van der Waals surface area contributed by atoms with Gasteiger partial charge in [0.1, 0.15) is 0 Å². The Hall–Kier alpha value is -7.30. The van der Waals surface area contributed by atoms with E-state index in [1.807, 2.05) is 12.1 Å².